The second kappa shape index (κ2) is 5.88. The predicted molar refractivity (Wildman–Crippen MR) is 75.8 cm³/mol. The molecule has 5 nitrogen and oxygen atoms in total. The summed E-state index contributed by atoms with van der Waals surface area (Å²) >= 11 is 0. The Bertz CT molecular complexity index is 530. The van der Waals surface area contributed by atoms with E-state index in [9.17, 15) is 8.42 Å². The van der Waals surface area contributed by atoms with Gasteiger partial charge < -0.3 is 11.1 Å². The minimum Gasteiger partial charge on any atom is -0.366 e. The molecule has 0 aromatic carbocycles. The van der Waals surface area contributed by atoms with Crippen molar-refractivity contribution in [3.63, 3.8) is 0 Å². The van der Waals surface area contributed by atoms with Gasteiger partial charge >= 0.3 is 0 Å². The van der Waals surface area contributed by atoms with Crippen LogP contribution in [0.25, 0.3) is 0 Å². The van der Waals surface area contributed by atoms with Crippen LogP contribution in [0.2, 0.25) is 0 Å². The standard InChI is InChI=1S/C13H21N3O2S/c1-19(17,18)12-7-4-8-15-13(12)16-11-6-3-2-5-10(11)9-14/h4,7-8,10-11H,2-3,5-6,9,14H2,1H3,(H,15,16). The van der Waals surface area contributed by atoms with Crippen LogP contribution in [-0.4, -0.2) is 32.2 Å². The maximum Gasteiger partial charge on any atom is 0.179 e. The zero-order valence-electron chi connectivity index (χ0n) is 11.2. The van der Waals surface area contributed by atoms with Crippen molar-refractivity contribution >= 4 is 15.7 Å². The van der Waals surface area contributed by atoms with Gasteiger partial charge in [0.05, 0.1) is 0 Å². The lowest BCUT2D eigenvalue weighted by Gasteiger charge is -2.32. The maximum absolute atomic E-state index is 11.7. The van der Waals surface area contributed by atoms with Gasteiger partial charge in [-0.3, -0.25) is 0 Å². The third-order valence-electron chi connectivity index (χ3n) is 3.70. The number of hydrogen-bond acceptors (Lipinski definition) is 5. The summed E-state index contributed by atoms with van der Waals surface area (Å²) in [4.78, 5) is 4.44. The van der Waals surface area contributed by atoms with Crippen LogP contribution in [0.1, 0.15) is 25.7 Å². The summed E-state index contributed by atoms with van der Waals surface area (Å²) in [5.41, 5.74) is 5.79. The Morgan fingerprint density at radius 2 is 2.16 bits per heavy atom. The zero-order valence-corrected chi connectivity index (χ0v) is 12.0. The monoisotopic (exact) mass is 283 g/mol. The number of pyridine rings is 1. The Balaban J connectivity index is 2.23. The first kappa shape index (κ1) is 14.3. The zero-order chi connectivity index (χ0) is 13.9. The molecule has 0 amide bonds. The summed E-state index contributed by atoms with van der Waals surface area (Å²) in [5.74, 6) is 0.846. The summed E-state index contributed by atoms with van der Waals surface area (Å²) in [6.07, 6.45) is 7.26. The van der Waals surface area contributed by atoms with Crippen molar-refractivity contribution in [3.05, 3.63) is 18.3 Å². The molecule has 19 heavy (non-hydrogen) atoms. The van der Waals surface area contributed by atoms with Crippen LogP contribution >= 0.6 is 0 Å². The molecule has 1 fully saturated rings. The molecule has 2 unspecified atom stereocenters. The fraction of sp³-hybridized carbons (Fsp3) is 0.615. The molecule has 1 heterocycles. The maximum atomic E-state index is 11.7. The molecule has 1 saturated carbocycles. The van der Waals surface area contributed by atoms with E-state index in [2.05, 4.69) is 10.3 Å². The first-order valence-electron chi connectivity index (χ1n) is 6.64. The lowest BCUT2D eigenvalue weighted by atomic mass is 9.84. The van der Waals surface area contributed by atoms with Crippen molar-refractivity contribution in [2.24, 2.45) is 11.7 Å². The highest BCUT2D eigenvalue weighted by Gasteiger charge is 2.25. The number of aromatic nitrogens is 1. The minimum atomic E-state index is -3.26. The van der Waals surface area contributed by atoms with Gasteiger partial charge in [-0.15, -0.1) is 0 Å². The number of nitrogens with two attached hydrogens (primary N) is 1. The molecule has 1 aliphatic carbocycles. The highest BCUT2D eigenvalue weighted by Crippen LogP contribution is 2.28. The van der Waals surface area contributed by atoms with E-state index in [4.69, 9.17) is 5.73 Å². The van der Waals surface area contributed by atoms with Crippen LogP contribution < -0.4 is 11.1 Å². The molecule has 2 rings (SSSR count). The molecule has 1 aromatic heterocycles. The van der Waals surface area contributed by atoms with E-state index in [1.165, 1.54) is 12.7 Å². The number of hydrogen-bond donors (Lipinski definition) is 2. The minimum absolute atomic E-state index is 0.217. The van der Waals surface area contributed by atoms with Gasteiger partial charge in [0.15, 0.2) is 9.84 Å². The van der Waals surface area contributed by atoms with Gasteiger partial charge in [0.2, 0.25) is 0 Å². The number of anilines is 1. The Hall–Kier alpha value is -1.14. The van der Waals surface area contributed by atoms with Crippen LogP contribution in [0, 0.1) is 5.92 Å². The molecule has 106 valence electrons. The van der Waals surface area contributed by atoms with E-state index in [1.54, 1.807) is 18.3 Å². The summed E-state index contributed by atoms with van der Waals surface area (Å²) < 4.78 is 23.5. The SMILES string of the molecule is CS(=O)(=O)c1cccnc1NC1CCCCC1CN. The summed E-state index contributed by atoms with van der Waals surface area (Å²) in [7, 11) is -3.26. The normalized spacial score (nSPS) is 24.1. The Morgan fingerprint density at radius 3 is 2.84 bits per heavy atom. The van der Waals surface area contributed by atoms with Crippen molar-refractivity contribution < 1.29 is 8.42 Å². The van der Waals surface area contributed by atoms with Gasteiger partial charge in [0, 0.05) is 18.5 Å². The average Bonchev–Trinajstić information content (AvgIpc) is 2.39. The van der Waals surface area contributed by atoms with E-state index in [1.807, 2.05) is 0 Å². The fourth-order valence-electron chi connectivity index (χ4n) is 2.65. The molecule has 3 N–H and O–H groups in total. The van der Waals surface area contributed by atoms with Gasteiger partial charge in [-0.25, -0.2) is 13.4 Å². The molecule has 0 aliphatic heterocycles. The van der Waals surface area contributed by atoms with E-state index in [0.29, 0.717) is 18.3 Å². The number of nitrogens with one attached hydrogen (secondary N) is 1. The van der Waals surface area contributed by atoms with E-state index in [0.717, 1.165) is 19.3 Å². The van der Waals surface area contributed by atoms with Crippen LogP contribution in [-0.2, 0) is 9.84 Å². The number of rotatable bonds is 4. The Kier molecular flexibility index (Phi) is 4.42. The van der Waals surface area contributed by atoms with Crippen LogP contribution in [0.3, 0.4) is 0 Å². The first-order valence-corrected chi connectivity index (χ1v) is 8.53. The van der Waals surface area contributed by atoms with Crippen molar-refractivity contribution in [2.45, 2.75) is 36.6 Å². The van der Waals surface area contributed by atoms with E-state index < -0.39 is 9.84 Å². The molecule has 0 spiro atoms. The number of nitrogens with zero attached hydrogens (tertiary/aromatic N) is 1. The van der Waals surface area contributed by atoms with Gasteiger partial charge in [-0.1, -0.05) is 12.8 Å². The summed E-state index contributed by atoms with van der Waals surface area (Å²) in [5, 5.41) is 3.29. The van der Waals surface area contributed by atoms with Crippen LogP contribution in [0.5, 0.6) is 0 Å². The highest BCUT2D eigenvalue weighted by molar-refractivity contribution is 7.90. The molecule has 0 bridgehead atoms. The van der Waals surface area contributed by atoms with Gasteiger partial charge in [0.25, 0.3) is 0 Å². The Morgan fingerprint density at radius 1 is 1.42 bits per heavy atom. The second-order valence-corrected chi connectivity index (χ2v) is 7.14. The average molecular weight is 283 g/mol. The summed E-state index contributed by atoms with van der Waals surface area (Å²) in [6, 6.07) is 3.45. The summed E-state index contributed by atoms with van der Waals surface area (Å²) in [6.45, 7) is 0.624. The van der Waals surface area contributed by atoms with Crippen molar-refractivity contribution in [1.82, 2.24) is 4.98 Å². The van der Waals surface area contributed by atoms with E-state index >= 15 is 0 Å². The molecule has 0 radical (unpaired) electrons. The van der Waals surface area contributed by atoms with Gasteiger partial charge in [-0.05, 0) is 37.4 Å². The van der Waals surface area contributed by atoms with Crippen molar-refractivity contribution in [3.8, 4) is 0 Å². The molecule has 1 aliphatic rings. The molecule has 2 atom stereocenters. The number of sulfone groups is 1. The molecule has 1 aromatic rings. The molecule has 6 heteroatoms. The fourth-order valence-corrected chi connectivity index (χ4v) is 3.44. The van der Waals surface area contributed by atoms with Crippen LogP contribution in [0.4, 0.5) is 5.82 Å². The van der Waals surface area contributed by atoms with E-state index in [-0.39, 0.29) is 10.9 Å². The Labute approximate surface area is 114 Å². The van der Waals surface area contributed by atoms with Crippen molar-refractivity contribution in [2.75, 3.05) is 18.1 Å². The third-order valence-corrected chi connectivity index (χ3v) is 4.83. The second-order valence-electron chi connectivity index (χ2n) is 5.15. The predicted octanol–water partition coefficient (Wildman–Crippen LogP) is 1.41. The smallest absolute Gasteiger partial charge is 0.179 e. The highest BCUT2D eigenvalue weighted by atomic mass is 32.2. The van der Waals surface area contributed by atoms with Gasteiger partial charge in [0.1, 0.15) is 10.7 Å². The quantitative estimate of drug-likeness (QED) is 0.873. The molecule has 0 saturated heterocycles. The molecular formula is C13H21N3O2S. The first-order chi connectivity index (χ1) is 9.02. The van der Waals surface area contributed by atoms with Gasteiger partial charge in [-0.2, -0.15) is 0 Å². The third kappa shape index (κ3) is 3.45. The lowest BCUT2D eigenvalue weighted by Crippen LogP contribution is -2.37. The lowest BCUT2D eigenvalue weighted by molar-refractivity contribution is 0.331. The van der Waals surface area contributed by atoms with Crippen LogP contribution in [0.15, 0.2) is 23.2 Å². The van der Waals surface area contributed by atoms with Crippen molar-refractivity contribution in [1.29, 1.82) is 0 Å². The molecular weight excluding hydrogens is 262 g/mol. The largest absolute Gasteiger partial charge is 0.366 e. The topological polar surface area (TPSA) is 85.1 Å².